The third-order valence-electron chi connectivity index (χ3n) is 1.91. The van der Waals surface area contributed by atoms with E-state index in [1.807, 2.05) is 0 Å². The molecule has 0 bridgehead atoms. The Hall–Kier alpha value is -1.66. The molecular weight excluding hydrogens is 202 g/mol. The lowest BCUT2D eigenvalue weighted by molar-refractivity contribution is -0.385. The normalized spacial score (nSPS) is 12.2. The van der Waals surface area contributed by atoms with Gasteiger partial charge in [0.1, 0.15) is 0 Å². The maximum absolute atomic E-state index is 10.6. The van der Waals surface area contributed by atoms with Crippen molar-refractivity contribution in [1.29, 1.82) is 0 Å². The topological polar surface area (TPSA) is 81.8 Å². The molecule has 0 radical (unpaired) electrons. The van der Waals surface area contributed by atoms with Gasteiger partial charge in [-0.05, 0) is 12.1 Å². The lowest BCUT2D eigenvalue weighted by Gasteiger charge is -2.09. The van der Waals surface area contributed by atoms with E-state index in [1.54, 1.807) is 0 Å². The Labute approximate surface area is 86.2 Å². The fourth-order valence-corrected chi connectivity index (χ4v) is 1.13. The number of benzene rings is 1. The maximum Gasteiger partial charge on any atom is 0.310 e. The van der Waals surface area contributed by atoms with Crippen LogP contribution in [0.25, 0.3) is 0 Å². The van der Waals surface area contributed by atoms with E-state index in [0.717, 1.165) is 0 Å². The molecule has 0 saturated heterocycles. The molecule has 0 fully saturated rings. The zero-order valence-corrected chi connectivity index (χ0v) is 8.34. The number of nitrogens with zero attached hydrogens (tertiary/aromatic N) is 1. The molecule has 6 nitrogen and oxygen atoms in total. The third-order valence-corrected chi connectivity index (χ3v) is 1.91. The van der Waals surface area contributed by atoms with E-state index in [9.17, 15) is 15.2 Å². The Morgan fingerprint density at radius 2 is 2.13 bits per heavy atom. The van der Waals surface area contributed by atoms with Gasteiger partial charge in [-0.3, -0.25) is 10.1 Å². The molecule has 0 amide bonds. The Kier molecular flexibility index (Phi) is 3.59. The highest BCUT2D eigenvalue weighted by atomic mass is 16.6. The van der Waals surface area contributed by atoms with E-state index in [1.165, 1.54) is 32.4 Å². The predicted octanol–water partition coefficient (Wildman–Crippen LogP) is 1.24. The van der Waals surface area contributed by atoms with Gasteiger partial charge in [-0.2, -0.15) is 0 Å². The number of hydrogen-bond acceptors (Lipinski definition) is 5. The Balaban J connectivity index is 3.13. The molecular formula is C9H11NO5. The number of nitro groups is 1. The molecule has 1 aromatic rings. The summed E-state index contributed by atoms with van der Waals surface area (Å²) in [5.74, 6) is 0.0913. The highest BCUT2D eigenvalue weighted by molar-refractivity contribution is 5.48. The van der Waals surface area contributed by atoms with E-state index in [2.05, 4.69) is 4.74 Å². The van der Waals surface area contributed by atoms with E-state index < -0.39 is 11.2 Å². The van der Waals surface area contributed by atoms with E-state index in [0.29, 0.717) is 5.56 Å². The smallest absolute Gasteiger partial charge is 0.310 e. The second-order valence-corrected chi connectivity index (χ2v) is 2.78. The second kappa shape index (κ2) is 4.72. The van der Waals surface area contributed by atoms with Gasteiger partial charge in [0.05, 0.1) is 12.0 Å². The minimum Gasteiger partial charge on any atom is -0.490 e. The summed E-state index contributed by atoms with van der Waals surface area (Å²) in [5.41, 5.74) is 0.254. The van der Waals surface area contributed by atoms with Crippen LogP contribution in [-0.2, 0) is 4.74 Å². The Morgan fingerprint density at radius 1 is 1.47 bits per heavy atom. The minimum absolute atomic E-state index is 0.0913. The Bertz CT molecular complexity index is 366. The van der Waals surface area contributed by atoms with Crippen molar-refractivity contribution in [2.45, 2.75) is 6.29 Å². The van der Waals surface area contributed by atoms with Gasteiger partial charge in [0.25, 0.3) is 0 Å². The largest absolute Gasteiger partial charge is 0.490 e. The maximum atomic E-state index is 10.6. The molecule has 1 rings (SSSR count). The highest BCUT2D eigenvalue weighted by Crippen LogP contribution is 2.29. The van der Waals surface area contributed by atoms with Crippen LogP contribution in [0.5, 0.6) is 5.75 Å². The first-order chi connectivity index (χ1) is 7.10. The van der Waals surface area contributed by atoms with Crippen LogP contribution in [-0.4, -0.2) is 24.2 Å². The number of hydrogen-bond donors (Lipinski definition) is 1. The molecule has 15 heavy (non-hydrogen) atoms. The van der Waals surface area contributed by atoms with Crippen LogP contribution in [0, 0.1) is 10.1 Å². The Morgan fingerprint density at radius 3 is 2.60 bits per heavy atom. The van der Waals surface area contributed by atoms with Crippen LogP contribution in [0.15, 0.2) is 18.2 Å². The van der Waals surface area contributed by atoms with Gasteiger partial charge < -0.3 is 14.6 Å². The molecule has 0 aliphatic heterocycles. The van der Waals surface area contributed by atoms with Crippen LogP contribution in [0.1, 0.15) is 11.9 Å². The molecule has 0 spiro atoms. The van der Waals surface area contributed by atoms with Crippen molar-refractivity contribution in [3.05, 3.63) is 33.9 Å². The highest BCUT2D eigenvalue weighted by Gasteiger charge is 2.17. The van der Waals surface area contributed by atoms with Gasteiger partial charge in [-0.15, -0.1) is 0 Å². The van der Waals surface area contributed by atoms with Crippen molar-refractivity contribution in [3.63, 3.8) is 0 Å². The number of aliphatic hydroxyl groups excluding tert-OH is 1. The van der Waals surface area contributed by atoms with Crippen LogP contribution in [0.3, 0.4) is 0 Å². The lowest BCUT2D eigenvalue weighted by Crippen LogP contribution is -2.01. The summed E-state index contributed by atoms with van der Waals surface area (Å²) in [7, 11) is 2.66. The summed E-state index contributed by atoms with van der Waals surface area (Å²) in [5, 5.41) is 19.9. The summed E-state index contributed by atoms with van der Waals surface area (Å²) >= 11 is 0. The summed E-state index contributed by atoms with van der Waals surface area (Å²) in [4.78, 5) is 10.0. The second-order valence-electron chi connectivity index (χ2n) is 2.78. The van der Waals surface area contributed by atoms with Gasteiger partial charge in [-0.25, -0.2) is 0 Å². The van der Waals surface area contributed by atoms with Crippen molar-refractivity contribution in [1.82, 2.24) is 0 Å². The number of aliphatic hydroxyl groups is 1. The van der Waals surface area contributed by atoms with Crippen molar-refractivity contribution in [2.75, 3.05) is 14.2 Å². The predicted molar refractivity (Wildman–Crippen MR) is 51.6 cm³/mol. The first-order valence-corrected chi connectivity index (χ1v) is 4.13. The molecule has 1 unspecified atom stereocenters. The molecule has 0 aliphatic rings. The zero-order valence-electron chi connectivity index (χ0n) is 8.34. The van der Waals surface area contributed by atoms with Crippen molar-refractivity contribution < 1.29 is 19.5 Å². The fraction of sp³-hybridized carbons (Fsp3) is 0.333. The molecule has 0 aromatic heterocycles. The van der Waals surface area contributed by atoms with Crippen molar-refractivity contribution in [2.24, 2.45) is 0 Å². The SMILES string of the molecule is COc1cc(C(O)OC)ccc1[N+](=O)[O-]. The van der Waals surface area contributed by atoms with Crippen LogP contribution >= 0.6 is 0 Å². The van der Waals surface area contributed by atoms with Crippen molar-refractivity contribution in [3.8, 4) is 5.75 Å². The number of rotatable bonds is 4. The third kappa shape index (κ3) is 2.42. The molecule has 0 heterocycles. The summed E-state index contributed by atoms with van der Waals surface area (Å²) in [6, 6.07) is 4.04. The van der Waals surface area contributed by atoms with Crippen LogP contribution in [0.4, 0.5) is 5.69 Å². The molecule has 0 aliphatic carbocycles. The first kappa shape index (κ1) is 11.4. The summed E-state index contributed by atoms with van der Waals surface area (Å²) < 4.78 is 9.50. The summed E-state index contributed by atoms with van der Waals surface area (Å²) in [6.45, 7) is 0. The molecule has 0 saturated carbocycles. The number of ether oxygens (including phenoxy) is 2. The minimum atomic E-state index is -1.11. The average molecular weight is 213 g/mol. The van der Waals surface area contributed by atoms with Crippen molar-refractivity contribution >= 4 is 5.69 Å². The average Bonchev–Trinajstić information content (AvgIpc) is 2.26. The standard InChI is InChI=1S/C9H11NO5/c1-14-8-5-6(9(11)15-2)3-4-7(8)10(12)13/h3-5,9,11H,1-2H3. The molecule has 82 valence electrons. The molecule has 1 aromatic carbocycles. The van der Waals surface area contributed by atoms with Gasteiger partial charge in [0.2, 0.25) is 0 Å². The molecule has 6 heteroatoms. The number of nitro benzene ring substituents is 1. The lowest BCUT2D eigenvalue weighted by atomic mass is 10.2. The van der Waals surface area contributed by atoms with Gasteiger partial charge in [-0.1, -0.05) is 0 Å². The van der Waals surface area contributed by atoms with E-state index in [4.69, 9.17) is 4.74 Å². The first-order valence-electron chi connectivity index (χ1n) is 4.13. The summed E-state index contributed by atoms with van der Waals surface area (Å²) in [6.07, 6.45) is -1.11. The van der Waals surface area contributed by atoms with Crippen LogP contribution in [0.2, 0.25) is 0 Å². The zero-order chi connectivity index (χ0) is 11.4. The number of methoxy groups -OCH3 is 2. The van der Waals surface area contributed by atoms with Gasteiger partial charge >= 0.3 is 5.69 Å². The van der Waals surface area contributed by atoms with Gasteiger partial charge in [0, 0.05) is 18.7 Å². The van der Waals surface area contributed by atoms with Gasteiger partial charge in [0.15, 0.2) is 12.0 Å². The van der Waals surface area contributed by atoms with E-state index >= 15 is 0 Å². The fourth-order valence-electron chi connectivity index (χ4n) is 1.13. The molecule has 1 N–H and O–H groups in total. The molecule has 1 atom stereocenters. The monoisotopic (exact) mass is 213 g/mol. The van der Waals surface area contributed by atoms with E-state index in [-0.39, 0.29) is 11.4 Å². The quantitative estimate of drug-likeness (QED) is 0.462. The van der Waals surface area contributed by atoms with Crippen LogP contribution < -0.4 is 4.74 Å².